The number of benzene rings is 11. The normalized spacial score (nSPS) is 13.9. The summed E-state index contributed by atoms with van der Waals surface area (Å²) in [5.74, 6) is 0. The molecule has 0 atom stereocenters. The molecule has 2 heteroatoms. The summed E-state index contributed by atoms with van der Waals surface area (Å²) in [4.78, 5) is 2.53. The topological polar surface area (TPSA) is 8.17 Å². The number of hydrogen-bond acceptors (Lipinski definition) is 1. The van der Waals surface area contributed by atoms with Gasteiger partial charge in [0.25, 0.3) is 0 Å². The maximum Gasteiger partial charge on any atom is 0.0726 e. The molecule has 0 unspecified atom stereocenters. The van der Waals surface area contributed by atoms with Crippen LogP contribution in [0.3, 0.4) is 0 Å². The lowest BCUT2D eigenvalue weighted by atomic mass is 9.70. The second kappa shape index (κ2) is 15.3. The zero-order valence-corrected chi connectivity index (χ0v) is 40.1. The van der Waals surface area contributed by atoms with Gasteiger partial charge in [-0.25, -0.2) is 0 Å². The molecule has 3 aliphatic carbocycles. The van der Waals surface area contributed by atoms with Crippen LogP contribution in [0.15, 0.2) is 255 Å². The SMILES string of the molecule is CC1(C)c2cc(-c3cccc4c3c3ccccc3n4-c3ccccc3)ccc2-c2ccc(N(c3ccc(-c4ccccc4)cc3)c3cccc4c3-c3ccccc3C43c4ccccc4-c4ccccc43)cc21. The molecule has 1 spiro atoms. The summed E-state index contributed by atoms with van der Waals surface area (Å²) in [7, 11) is 0. The molecule has 0 bridgehead atoms. The van der Waals surface area contributed by atoms with Gasteiger partial charge >= 0.3 is 0 Å². The van der Waals surface area contributed by atoms with Gasteiger partial charge in [-0.1, -0.05) is 208 Å². The van der Waals surface area contributed by atoms with Gasteiger partial charge in [-0.15, -0.1) is 0 Å². The number of anilines is 3. The largest absolute Gasteiger partial charge is 0.310 e. The molecule has 2 nitrogen and oxygen atoms in total. The highest BCUT2D eigenvalue weighted by molar-refractivity contribution is 6.16. The zero-order valence-electron chi connectivity index (χ0n) is 40.1. The lowest BCUT2D eigenvalue weighted by Crippen LogP contribution is -2.26. The average Bonchev–Trinajstić information content (AvgIpc) is 4.12. The van der Waals surface area contributed by atoms with Crippen LogP contribution in [0.25, 0.3) is 83.1 Å². The highest BCUT2D eigenvalue weighted by Gasteiger charge is 2.52. The van der Waals surface area contributed by atoms with Crippen LogP contribution in [0.1, 0.15) is 47.2 Å². The van der Waals surface area contributed by atoms with Gasteiger partial charge in [0.15, 0.2) is 0 Å². The van der Waals surface area contributed by atoms with Crippen molar-refractivity contribution in [1.29, 1.82) is 0 Å². The Balaban J connectivity index is 0.909. The first-order chi connectivity index (χ1) is 35.5. The third kappa shape index (κ3) is 5.55. The van der Waals surface area contributed by atoms with E-state index >= 15 is 0 Å². The smallest absolute Gasteiger partial charge is 0.0726 e. The Hall–Kier alpha value is -8.98. The van der Waals surface area contributed by atoms with Crippen LogP contribution in [-0.4, -0.2) is 4.57 Å². The van der Waals surface area contributed by atoms with Crippen molar-refractivity contribution in [2.45, 2.75) is 24.7 Å². The van der Waals surface area contributed by atoms with Gasteiger partial charge in [-0.2, -0.15) is 0 Å². The van der Waals surface area contributed by atoms with Gasteiger partial charge in [0.05, 0.1) is 22.1 Å². The number of rotatable bonds is 6. The molecule has 1 heterocycles. The van der Waals surface area contributed by atoms with E-state index in [2.05, 4.69) is 278 Å². The van der Waals surface area contributed by atoms with E-state index in [0.29, 0.717) is 0 Å². The second-order valence-electron chi connectivity index (χ2n) is 20.3. The fourth-order valence-corrected chi connectivity index (χ4v) is 13.3. The Labute approximate surface area is 420 Å². The number of hydrogen-bond donors (Lipinski definition) is 0. The average molecular weight is 917 g/mol. The molecular weight excluding hydrogens is 869 g/mol. The third-order valence-corrected chi connectivity index (χ3v) is 16.4. The van der Waals surface area contributed by atoms with E-state index < -0.39 is 5.41 Å². The summed E-state index contributed by atoms with van der Waals surface area (Å²) in [5.41, 5.74) is 27.0. The van der Waals surface area contributed by atoms with Crippen molar-refractivity contribution < 1.29 is 0 Å². The van der Waals surface area contributed by atoms with Crippen LogP contribution >= 0.6 is 0 Å². The molecule has 15 rings (SSSR count). The summed E-state index contributed by atoms with van der Waals surface area (Å²) in [6, 6.07) is 95.1. The zero-order chi connectivity index (χ0) is 47.7. The summed E-state index contributed by atoms with van der Waals surface area (Å²) in [6.45, 7) is 4.84. The van der Waals surface area contributed by atoms with Crippen LogP contribution in [-0.2, 0) is 10.8 Å². The first-order valence-electron chi connectivity index (χ1n) is 25.3. The van der Waals surface area contributed by atoms with Crippen molar-refractivity contribution in [2.75, 3.05) is 4.90 Å². The Kier molecular flexibility index (Phi) is 8.66. The number of nitrogens with zero attached hydrogens (tertiary/aromatic N) is 2. The van der Waals surface area contributed by atoms with Crippen molar-refractivity contribution in [2.24, 2.45) is 0 Å². The molecule has 0 N–H and O–H groups in total. The fraction of sp³-hybridized carbons (Fsp3) is 0.0571. The predicted octanol–water partition coefficient (Wildman–Crippen LogP) is 18.2. The summed E-state index contributed by atoms with van der Waals surface area (Å²) in [6.07, 6.45) is 0. The molecule has 0 radical (unpaired) electrons. The Morgan fingerprint density at radius 2 is 0.833 bits per heavy atom. The van der Waals surface area contributed by atoms with Gasteiger partial charge in [-0.3, -0.25) is 0 Å². The van der Waals surface area contributed by atoms with Crippen LogP contribution < -0.4 is 4.90 Å². The van der Waals surface area contributed by atoms with E-state index in [9.17, 15) is 0 Å². The third-order valence-electron chi connectivity index (χ3n) is 16.4. The summed E-state index contributed by atoms with van der Waals surface area (Å²) in [5, 5.41) is 2.54. The van der Waals surface area contributed by atoms with E-state index in [1.807, 2.05) is 0 Å². The van der Waals surface area contributed by atoms with Gasteiger partial charge < -0.3 is 9.47 Å². The minimum atomic E-state index is -0.446. The molecule has 12 aromatic rings. The van der Waals surface area contributed by atoms with E-state index in [4.69, 9.17) is 0 Å². The Bertz CT molecular complexity index is 4130. The molecule has 0 saturated carbocycles. The molecule has 72 heavy (non-hydrogen) atoms. The van der Waals surface area contributed by atoms with Gasteiger partial charge in [0.1, 0.15) is 0 Å². The minimum Gasteiger partial charge on any atom is -0.310 e. The van der Waals surface area contributed by atoms with Crippen LogP contribution in [0.2, 0.25) is 0 Å². The summed E-state index contributed by atoms with van der Waals surface area (Å²) >= 11 is 0. The highest BCUT2D eigenvalue weighted by atomic mass is 15.1. The van der Waals surface area contributed by atoms with Gasteiger partial charge in [-0.05, 0) is 144 Å². The van der Waals surface area contributed by atoms with Crippen LogP contribution in [0.5, 0.6) is 0 Å². The van der Waals surface area contributed by atoms with E-state index in [-0.39, 0.29) is 5.41 Å². The molecule has 3 aliphatic rings. The quantitative estimate of drug-likeness (QED) is 0.161. The lowest BCUT2D eigenvalue weighted by Gasteiger charge is -2.32. The van der Waals surface area contributed by atoms with Gasteiger partial charge in [0.2, 0.25) is 0 Å². The Morgan fingerprint density at radius 3 is 1.57 bits per heavy atom. The molecule has 11 aromatic carbocycles. The summed E-state index contributed by atoms with van der Waals surface area (Å²) < 4.78 is 2.41. The molecule has 338 valence electrons. The van der Waals surface area contributed by atoms with Crippen molar-refractivity contribution in [1.82, 2.24) is 4.57 Å². The van der Waals surface area contributed by atoms with E-state index in [1.165, 1.54) is 122 Å². The van der Waals surface area contributed by atoms with Crippen molar-refractivity contribution >= 4 is 38.9 Å². The maximum atomic E-state index is 2.53. The fourth-order valence-electron chi connectivity index (χ4n) is 13.3. The molecule has 0 amide bonds. The highest BCUT2D eigenvalue weighted by Crippen LogP contribution is 2.65. The monoisotopic (exact) mass is 916 g/mol. The standard InChI is InChI=1S/C70H48N2/c1-69(2)62-43-47(51-27-17-33-65-67(51)57-26-12-16-32-64(57)72(65)48-21-7-4-8-22-48)37-41-54(62)55-42-40-50(44-63(55)69)71(49-38-35-46(36-39-49)45-19-5-3-6-20-45)66-34-18-31-61-68(66)56-25-11-15-30-60(56)70(61)58-28-13-9-23-52(58)53-24-10-14-29-59(53)70/h3-44H,1-2H3. The van der Waals surface area contributed by atoms with Crippen LogP contribution in [0, 0.1) is 0 Å². The van der Waals surface area contributed by atoms with Gasteiger partial charge in [0, 0.05) is 38.8 Å². The molecule has 0 saturated heterocycles. The lowest BCUT2D eigenvalue weighted by molar-refractivity contribution is 0.660. The van der Waals surface area contributed by atoms with E-state index in [1.54, 1.807) is 0 Å². The molecule has 0 fully saturated rings. The number of fused-ring (bicyclic) bond motifs is 16. The number of para-hydroxylation sites is 2. The van der Waals surface area contributed by atoms with Crippen molar-refractivity contribution in [3.63, 3.8) is 0 Å². The first-order valence-corrected chi connectivity index (χ1v) is 25.3. The number of aromatic nitrogens is 1. The van der Waals surface area contributed by atoms with Crippen molar-refractivity contribution in [3.8, 4) is 61.3 Å². The molecule has 1 aromatic heterocycles. The van der Waals surface area contributed by atoms with Crippen molar-refractivity contribution in [3.05, 3.63) is 288 Å². The Morgan fingerprint density at radius 1 is 0.333 bits per heavy atom. The van der Waals surface area contributed by atoms with Crippen LogP contribution in [0.4, 0.5) is 17.1 Å². The maximum absolute atomic E-state index is 2.53. The predicted molar refractivity (Wildman–Crippen MR) is 300 cm³/mol. The first kappa shape index (κ1) is 40.9. The molecular formula is C70H48N2. The van der Waals surface area contributed by atoms with E-state index in [0.717, 1.165) is 11.4 Å². The minimum absolute atomic E-state index is 0.280. The second-order valence-corrected chi connectivity index (χ2v) is 20.3. The molecule has 0 aliphatic heterocycles.